The summed E-state index contributed by atoms with van der Waals surface area (Å²) >= 11 is 1.79. The Morgan fingerprint density at radius 3 is 2.72 bits per heavy atom. The van der Waals surface area contributed by atoms with Crippen molar-refractivity contribution in [2.45, 2.75) is 37.1 Å². The molecule has 2 aliphatic heterocycles. The Morgan fingerprint density at radius 1 is 1.20 bits per heavy atom. The lowest BCUT2D eigenvalue weighted by molar-refractivity contribution is -0.140. The van der Waals surface area contributed by atoms with Gasteiger partial charge in [-0.1, -0.05) is 12.1 Å². The first-order chi connectivity index (χ1) is 12.1. The smallest absolute Gasteiger partial charge is 0.222 e. The molecule has 3 rings (SSSR count). The molecule has 2 fully saturated rings. The van der Waals surface area contributed by atoms with Gasteiger partial charge in [-0.2, -0.15) is 0 Å². The monoisotopic (exact) mass is 362 g/mol. The number of amides is 1. The van der Waals surface area contributed by atoms with E-state index in [1.54, 1.807) is 18.9 Å². The van der Waals surface area contributed by atoms with E-state index in [1.807, 2.05) is 4.90 Å². The van der Waals surface area contributed by atoms with Gasteiger partial charge in [-0.05, 0) is 49.8 Å². The molecule has 0 saturated carbocycles. The number of carbonyl (C=O) groups is 1. The number of hydrogen-bond donors (Lipinski definition) is 0. The average Bonchev–Trinajstić information content (AvgIpc) is 2.64. The third-order valence-electron chi connectivity index (χ3n) is 5.62. The minimum Gasteiger partial charge on any atom is -0.383 e. The number of ether oxygens (including phenoxy) is 1. The maximum atomic E-state index is 12.2. The van der Waals surface area contributed by atoms with Gasteiger partial charge in [-0.3, -0.25) is 9.69 Å². The van der Waals surface area contributed by atoms with Crippen LogP contribution in [0, 0.1) is 5.41 Å². The van der Waals surface area contributed by atoms with Crippen molar-refractivity contribution >= 4 is 17.7 Å². The van der Waals surface area contributed by atoms with Crippen LogP contribution in [-0.4, -0.2) is 61.9 Å². The van der Waals surface area contributed by atoms with Gasteiger partial charge in [-0.15, -0.1) is 11.8 Å². The molecule has 2 aliphatic rings. The number of methoxy groups -OCH3 is 1. The predicted octanol–water partition coefficient (Wildman–Crippen LogP) is 3.26. The molecule has 1 aromatic rings. The van der Waals surface area contributed by atoms with E-state index in [4.69, 9.17) is 4.74 Å². The van der Waals surface area contributed by atoms with Crippen LogP contribution >= 0.6 is 11.8 Å². The SMILES string of the molecule is COCCN1C[C@@]2(CCCN(Cc3ccc(SC)cc3)C2)CCC1=O. The summed E-state index contributed by atoms with van der Waals surface area (Å²) in [5, 5.41) is 0. The highest BCUT2D eigenvalue weighted by molar-refractivity contribution is 7.98. The molecule has 0 N–H and O–H groups in total. The van der Waals surface area contributed by atoms with Crippen LogP contribution in [-0.2, 0) is 16.1 Å². The average molecular weight is 363 g/mol. The van der Waals surface area contributed by atoms with Crippen LogP contribution in [0.1, 0.15) is 31.2 Å². The molecule has 1 amide bonds. The highest BCUT2D eigenvalue weighted by Crippen LogP contribution is 2.39. The number of likely N-dealkylation sites (tertiary alicyclic amines) is 2. The minimum absolute atomic E-state index is 0.277. The van der Waals surface area contributed by atoms with E-state index in [2.05, 4.69) is 35.4 Å². The van der Waals surface area contributed by atoms with E-state index >= 15 is 0 Å². The maximum Gasteiger partial charge on any atom is 0.222 e. The van der Waals surface area contributed by atoms with Crippen LogP contribution in [0.4, 0.5) is 0 Å². The fourth-order valence-electron chi connectivity index (χ4n) is 4.27. The molecule has 0 bridgehead atoms. The number of benzene rings is 1. The van der Waals surface area contributed by atoms with Gasteiger partial charge in [-0.25, -0.2) is 0 Å². The molecule has 0 aromatic heterocycles. The molecule has 1 spiro atoms. The molecular formula is C20H30N2O2S. The molecule has 2 heterocycles. The van der Waals surface area contributed by atoms with Gasteiger partial charge >= 0.3 is 0 Å². The Balaban J connectivity index is 1.62. The van der Waals surface area contributed by atoms with Gasteiger partial charge in [0.2, 0.25) is 5.91 Å². The summed E-state index contributed by atoms with van der Waals surface area (Å²) in [6.45, 7) is 5.55. The number of rotatable bonds is 6. The lowest BCUT2D eigenvalue weighted by Crippen LogP contribution is -2.54. The second-order valence-corrected chi connectivity index (χ2v) is 8.35. The topological polar surface area (TPSA) is 32.8 Å². The predicted molar refractivity (Wildman–Crippen MR) is 103 cm³/mol. The quantitative estimate of drug-likeness (QED) is 0.727. The first-order valence-electron chi connectivity index (χ1n) is 9.26. The summed E-state index contributed by atoms with van der Waals surface area (Å²) in [5.41, 5.74) is 1.66. The number of piperidine rings is 2. The Morgan fingerprint density at radius 2 is 2.00 bits per heavy atom. The van der Waals surface area contributed by atoms with Crippen molar-refractivity contribution in [3.05, 3.63) is 29.8 Å². The van der Waals surface area contributed by atoms with Crippen molar-refractivity contribution < 1.29 is 9.53 Å². The second-order valence-electron chi connectivity index (χ2n) is 7.47. The minimum atomic E-state index is 0.277. The second kappa shape index (κ2) is 8.56. The number of carbonyl (C=O) groups excluding carboxylic acids is 1. The Hall–Kier alpha value is -1.04. The lowest BCUT2D eigenvalue weighted by atomic mass is 9.73. The summed E-state index contributed by atoms with van der Waals surface area (Å²) in [5.74, 6) is 0.299. The summed E-state index contributed by atoms with van der Waals surface area (Å²) in [6.07, 6.45) is 6.32. The Bertz CT molecular complexity index is 578. The van der Waals surface area contributed by atoms with Crippen LogP contribution < -0.4 is 0 Å². The van der Waals surface area contributed by atoms with E-state index in [0.717, 1.165) is 39.1 Å². The van der Waals surface area contributed by atoms with Gasteiger partial charge in [0.05, 0.1) is 6.61 Å². The summed E-state index contributed by atoms with van der Waals surface area (Å²) in [6, 6.07) is 8.93. The zero-order chi connectivity index (χ0) is 17.7. The van der Waals surface area contributed by atoms with Gasteiger partial charge in [0.25, 0.3) is 0 Å². The Labute approximate surface area is 155 Å². The summed E-state index contributed by atoms with van der Waals surface area (Å²) in [7, 11) is 1.70. The molecule has 0 aliphatic carbocycles. The van der Waals surface area contributed by atoms with Gasteiger partial charge in [0, 0.05) is 50.0 Å². The van der Waals surface area contributed by atoms with Gasteiger partial charge < -0.3 is 9.64 Å². The standard InChI is InChI=1S/C20H30N2O2S/c1-24-13-12-22-16-20(10-8-19(22)23)9-3-11-21(15-20)14-17-4-6-18(25-2)7-5-17/h4-7H,3,8-16H2,1-2H3/t20-/m0/s1. The molecule has 25 heavy (non-hydrogen) atoms. The Kier molecular flexibility index (Phi) is 6.42. The van der Waals surface area contributed by atoms with Gasteiger partial charge in [0.1, 0.15) is 0 Å². The normalized spacial score (nSPS) is 24.9. The maximum absolute atomic E-state index is 12.2. The lowest BCUT2D eigenvalue weighted by Gasteiger charge is -2.48. The number of hydrogen-bond acceptors (Lipinski definition) is 4. The van der Waals surface area contributed by atoms with E-state index in [0.29, 0.717) is 18.9 Å². The fraction of sp³-hybridized carbons (Fsp3) is 0.650. The van der Waals surface area contributed by atoms with Crippen molar-refractivity contribution in [1.29, 1.82) is 0 Å². The zero-order valence-corrected chi connectivity index (χ0v) is 16.3. The molecule has 138 valence electrons. The van der Waals surface area contributed by atoms with Crippen molar-refractivity contribution in [1.82, 2.24) is 9.80 Å². The summed E-state index contributed by atoms with van der Waals surface area (Å²) < 4.78 is 5.18. The van der Waals surface area contributed by atoms with Crippen molar-refractivity contribution in [2.75, 3.05) is 46.2 Å². The third kappa shape index (κ3) is 4.78. The number of thioether (sulfide) groups is 1. The van der Waals surface area contributed by atoms with Crippen molar-refractivity contribution in [3.63, 3.8) is 0 Å². The van der Waals surface area contributed by atoms with Crippen molar-refractivity contribution in [3.8, 4) is 0 Å². The highest BCUT2D eigenvalue weighted by atomic mass is 32.2. The van der Waals surface area contributed by atoms with Gasteiger partial charge in [0.15, 0.2) is 0 Å². The van der Waals surface area contributed by atoms with E-state index < -0.39 is 0 Å². The first kappa shape index (κ1) is 18.7. The molecule has 4 nitrogen and oxygen atoms in total. The van der Waals surface area contributed by atoms with Crippen LogP contribution in [0.25, 0.3) is 0 Å². The van der Waals surface area contributed by atoms with Crippen LogP contribution in [0.2, 0.25) is 0 Å². The molecular weight excluding hydrogens is 332 g/mol. The highest BCUT2D eigenvalue weighted by Gasteiger charge is 2.41. The molecule has 0 unspecified atom stereocenters. The van der Waals surface area contributed by atoms with E-state index in [-0.39, 0.29) is 5.41 Å². The molecule has 1 aromatic carbocycles. The first-order valence-corrected chi connectivity index (χ1v) is 10.5. The van der Waals surface area contributed by atoms with Crippen LogP contribution in [0.3, 0.4) is 0 Å². The summed E-state index contributed by atoms with van der Waals surface area (Å²) in [4.78, 5) is 18.1. The van der Waals surface area contributed by atoms with Crippen LogP contribution in [0.5, 0.6) is 0 Å². The molecule has 0 radical (unpaired) electrons. The van der Waals surface area contributed by atoms with Crippen molar-refractivity contribution in [2.24, 2.45) is 5.41 Å². The van der Waals surface area contributed by atoms with E-state index in [1.165, 1.54) is 23.3 Å². The molecule has 2 saturated heterocycles. The molecule has 5 heteroatoms. The zero-order valence-electron chi connectivity index (χ0n) is 15.5. The fourth-order valence-corrected chi connectivity index (χ4v) is 4.68. The van der Waals surface area contributed by atoms with E-state index in [9.17, 15) is 4.79 Å². The molecule has 1 atom stereocenters. The number of nitrogens with zero attached hydrogens (tertiary/aromatic N) is 2. The van der Waals surface area contributed by atoms with Crippen LogP contribution in [0.15, 0.2) is 29.2 Å². The largest absolute Gasteiger partial charge is 0.383 e. The third-order valence-corrected chi connectivity index (χ3v) is 6.36.